The highest BCUT2D eigenvalue weighted by molar-refractivity contribution is 8.14. The number of carbonyl (C=O) groups is 2. The molecule has 0 aliphatic carbocycles. The van der Waals surface area contributed by atoms with Crippen molar-refractivity contribution in [2.75, 3.05) is 17.6 Å². The summed E-state index contributed by atoms with van der Waals surface area (Å²) in [6, 6.07) is 6.92. The lowest BCUT2D eigenvalue weighted by molar-refractivity contribution is -0.116. The van der Waals surface area contributed by atoms with Gasteiger partial charge in [-0.05, 0) is 30.7 Å². The third kappa shape index (κ3) is 4.49. The molecule has 1 saturated heterocycles. The van der Waals surface area contributed by atoms with E-state index in [-0.39, 0.29) is 17.0 Å². The highest BCUT2D eigenvalue weighted by atomic mass is 32.2. The van der Waals surface area contributed by atoms with Crippen molar-refractivity contribution in [2.24, 2.45) is 16.7 Å². The minimum absolute atomic E-state index is 0.00477. The van der Waals surface area contributed by atoms with Crippen molar-refractivity contribution in [3.8, 4) is 0 Å². The highest BCUT2D eigenvalue weighted by Crippen LogP contribution is 2.25. The van der Waals surface area contributed by atoms with E-state index in [4.69, 9.17) is 11.6 Å². The van der Waals surface area contributed by atoms with Crippen LogP contribution in [0.3, 0.4) is 0 Å². The van der Waals surface area contributed by atoms with Gasteiger partial charge in [0, 0.05) is 35.7 Å². The number of rotatable bonds is 6. The number of nitrogens with zero attached hydrogens (tertiary/aromatic N) is 2. The summed E-state index contributed by atoms with van der Waals surface area (Å²) in [4.78, 5) is 25.1. The van der Waals surface area contributed by atoms with Crippen LogP contribution < -0.4 is 16.9 Å². The largest absolute Gasteiger partial charge is 0.382 e. The van der Waals surface area contributed by atoms with E-state index in [0.29, 0.717) is 36.4 Å². The zero-order chi connectivity index (χ0) is 16.8. The number of carbonyl (C=O) groups excluding carboxylic acids is 2. The van der Waals surface area contributed by atoms with E-state index < -0.39 is 0 Å². The van der Waals surface area contributed by atoms with Gasteiger partial charge in [-0.25, -0.2) is 0 Å². The molecular weight excluding hydrogens is 314 g/mol. The van der Waals surface area contributed by atoms with Crippen LogP contribution in [0.4, 0.5) is 10.5 Å². The van der Waals surface area contributed by atoms with Gasteiger partial charge in [-0.15, -0.1) is 0 Å². The van der Waals surface area contributed by atoms with Crippen LogP contribution in [0.25, 0.3) is 0 Å². The Bertz CT molecular complexity index is 626. The van der Waals surface area contributed by atoms with E-state index in [1.165, 1.54) is 11.8 Å². The summed E-state index contributed by atoms with van der Waals surface area (Å²) in [6.07, 6.45) is 0.915. The summed E-state index contributed by atoms with van der Waals surface area (Å²) in [5, 5.41) is 6.20. The molecule has 0 aromatic heterocycles. The topological polar surface area (TPSA) is 114 Å². The minimum atomic E-state index is -0.108. The molecule has 0 atom stereocenters. The lowest BCUT2D eigenvalue weighted by Gasteiger charge is -2.15. The van der Waals surface area contributed by atoms with Crippen molar-refractivity contribution in [2.45, 2.75) is 12.8 Å². The molecule has 0 spiro atoms. The van der Waals surface area contributed by atoms with Crippen LogP contribution >= 0.6 is 11.8 Å². The minimum Gasteiger partial charge on any atom is -0.382 e. The van der Waals surface area contributed by atoms with Crippen molar-refractivity contribution >= 4 is 34.4 Å². The van der Waals surface area contributed by atoms with Gasteiger partial charge in [0.1, 0.15) is 5.84 Å². The van der Waals surface area contributed by atoms with Crippen LogP contribution in [0, 0.1) is 0 Å². The predicted molar refractivity (Wildman–Crippen MR) is 92.9 cm³/mol. The summed E-state index contributed by atoms with van der Waals surface area (Å²) < 4.78 is 0. The summed E-state index contributed by atoms with van der Waals surface area (Å²) in [5.41, 5.74) is 7.75. The van der Waals surface area contributed by atoms with Crippen molar-refractivity contribution in [1.29, 1.82) is 0 Å². The molecule has 1 aromatic carbocycles. The van der Waals surface area contributed by atoms with Crippen LogP contribution in [0.5, 0.6) is 0 Å². The van der Waals surface area contributed by atoms with E-state index in [1.54, 1.807) is 29.2 Å². The van der Waals surface area contributed by atoms with Gasteiger partial charge in [0.15, 0.2) is 0 Å². The summed E-state index contributed by atoms with van der Waals surface area (Å²) in [6.45, 7) is 4.35. The molecule has 1 aliphatic heterocycles. The number of thioether (sulfide) groups is 1. The Hall–Kier alpha value is -2.48. The molecule has 122 valence electrons. The summed E-state index contributed by atoms with van der Waals surface area (Å²) in [5.74, 6) is 5.86. The number of nitrogens with two attached hydrogens (primary N) is 2. The van der Waals surface area contributed by atoms with Crippen molar-refractivity contribution in [1.82, 2.24) is 4.90 Å². The number of amides is 2. The maximum atomic E-state index is 11.9. The lowest BCUT2D eigenvalue weighted by Crippen LogP contribution is -2.23. The van der Waals surface area contributed by atoms with E-state index in [9.17, 15) is 9.59 Å². The van der Waals surface area contributed by atoms with Crippen molar-refractivity contribution < 1.29 is 9.59 Å². The molecule has 1 aromatic rings. The van der Waals surface area contributed by atoms with Crippen LogP contribution in [0.15, 0.2) is 41.6 Å². The molecule has 5 N–H and O–H groups in total. The average molecular weight is 333 g/mol. The second-order valence-corrected chi connectivity index (χ2v) is 5.94. The molecule has 0 unspecified atom stereocenters. The fraction of sp³-hybridized carbons (Fsp3) is 0.267. The van der Waals surface area contributed by atoms with Gasteiger partial charge in [-0.3, -0.25) is 9.59 Å². The third-order valence-corrected chi connectivity index (χ3v) is 4.30. The Morgan fingerprint density at radius 1 is 1.39 bits per heavy atom. The van der Waals surface area contributed by atoms with E-state index in [0.717, 1.165) is 5.70 Å². The summed E-state index contributed by atoms with van der Waals surface area (Å²) >= 11 is 1.24. The average Bonchev–Trinajstić information content (AvgIpc) is 2.86. The van der Waals surface area contributed by atoms with Gasteiger partial charge in [0.25, 0.3) is 5.24 Å². The smallest absolute Gasteiger partial charge is 0.286 e. The predicted octanol–water partition coefficient (Wildman–Crippen LogP) is 1.67. The fourth-order valence-electron chi connectivity index (χ4n) is 2.10. The third-order valence-electron chi connectivity index (χ3n) is 3.35. The first-order valence-corrected chi connectivity index (χ1v) is 8.05. The lowest BCUT2D eigenvalue weighted by atomic mass is 10.2. The molecule has 0 bridgehead atoms. The van der Waals surface area contributed by atoms with Crippen LogP contribution in [0.1, 0.15) is 18.4 Å². The number of amidine groups is 1. The van der Waals surface area contributed by atoms with Crippen LogP contribution in [0.2, 0.25) is 0 Å². The zero-order valence-corrected chi connectivity index (χ0v) is 13.4. The molecule has 0 saturated carbocycles. The second kappa shape index (κ2) is 7.68. The summed E-state index contributed by atoms with van der Waals surface area (Å²) in [7, 11) is 0. The monoisotopic (exact) mass is 333 g/mol. The first kappa shape index (κ1) is 16.9. The SMILES string of the molecule is C=C1CSC(=O)N1CCCC(=O)Nc1ccc(/C(N)=N/N)cc1. The molecule has 0 radical (unpaired) electrons. The van der Waals surface area contributed by atoms with Gasteiger partial charge >= 0.3 is 0 Å². The number of hydrogen-bond donors (Lipinski definition) is 3. The zero-order valence-electron chi connectivity index (χ0n) is 12.6. The number of hydrogen-bond acceptors (Lipinski definition) is 5. The van der Waals surface area contributed by atoms with Crippen LogP contribution in [-0.4, -0.2) is 34.2 Å². The maximum Gasteiger partial charge on any atom is 0.286 e. The van der Waals surface area contributed by atoms with Crippen molar-refractivity contribution in [3.05, 3.63) is 42.1 Å². The number of hydrazone groups is 1. The number of nitrogens with one attached hydrogen (secondary N) is 1. The normalized spacial score (nSPS) is 15.1. The van der Waals surface area contributed by atoms with Crippen LogP contribution in [-0.2, 0) is 4.79 Å². The maximum absolute atomic E-state index is 11.9. The number of benzene rings is 1. The first-order chi connectivity index (χ1) is 11.0. The Labute approximate surface area is 138 Å². The quantitative estimate of drug-likeness (QED) is 0.317. The molecule has 2 rings (SSSR count). The van der Waals surface area contributed by atoms with E-state index in [2.05, 4.69) is 17.0 Å². The van der Waals surface area contributed by atoms with Gasteiger partial charge in [-0.2, -0.15) is 5.10 Å². The fourth-order valence-corrected chi connectivity index (χ4v) is 2.92. The molecule has 1 fully saturated rings. The first-order valence-electron chi connectivity index (χ1n) is 7.07. The molecule has 2 amide bonds. The Morgan fingerprint density at radius 2 is 2.09 bits per heavy atom. The molecular formula is C15H19N5O2S. The highest BCUT2D eigenvalue weighted by Gasteiger charge is 2.24. The van der Waals surface area contributed by atoms with Gasteiger partial charge in [-0.1, -0.05) is 18.3 Å². The standard InChI is InChI=1S/C15H19N5O2S/c1-10-9-23-15(22)20(10)8-2-3-13(21)18-12-6-4-11(5-7-12)14(16)19-17/h4-7H,1-3,8-9,17H2,(H2,16,19)(H,18,21). The molecule has 1 aliphatic rings. The van der Waals surface area contributed by atoms with Crippen molar-refractivity contribution in [3.63, 3.8) is 0 Å². The van der Waals surface area contributed by atoms with E-state index in [1.807, 2.05) is 0 Å². The van der Waals surface area contributed by atoms with Gasteiger partial charge < -0.3 is 21.8 Å². The Kier molecular flexibility index (Phi) is 5.64. The van der Waals surface area contributed by atoms with E-state index >= 15 is 0 Å². The molecule has 23 heavy (non-hydrogen) atoms. The number of anilines is 1. The second-order valence-electron chi connectivity index (χ2n) is 5.02. The van der Waals surface area contributed by atoms with Gasteiger partial charge in [0.2, 0.25) is 5.91 Å². The Balaban J connectivity index is 1.78. The molecule has 7 nitrogen and oxygen atoms in total. The molecule has 8 heteroatoms. The molecule has 1 heterocycles. The van der Waals surface area contributed by atoms with Gasteiger partial charge in [0.05, 0.1) is 0 Å². The Morgan fingerprint density at radius 3 is 2.65 bits per heavy atom.